The van der Waals surface area contributed by atoms with Crippen molar-refractivity contribution in [2.45, 2.75) is 51.2 Å². The lowest BCUT2D eigenvalue weighted by atomic mass is 9.87. The second kappa shape index (κ2) is 4.04. The minimum Gasteiger partial charge on any atom is -0.380 e. The normalized spacial score (nSPS) is 40.2. The molecule has 0 bridgehead atoms. The zero-order valence-electron chi connectivity index (χ0n) is 10.2. The van der Waals surface area contributed by atoms with Crippen molar-refractivity contribution in [2.75, 3.05) is 20.3 Å². The van der Waals surface area contributed by atoms with Crippen molar-refractivity contribution in [1.82, 2.24) is 4.90 Å². The van der Waals surface area contributed by atoms with Crippen LogP contribution >= 0.6 is 0 Å². The molecule has 0 aromatic carbocycles. The molecule has 2 fully saturated rings. The Morgan fingerprint density at radius 1 is 1.33 bits per heavy atom. The van der Waals surface area contributed by atoms with Gasteiger partial charge in [-0.3, -0.25) is 4.90 Å². The molecule has 3 nitrogen and oxygen atoms in total. The van der Waals surface area contributed by atoms with Crippen LogP contribution < -0.4 is 5.73 Å². The second-order valence-corrected chi connectivity index (χ2v) is 5.80. The number of nitrogens with zero attached hydrogens (tertiary/aromatic N) is 1. The molecule has 3 atom stereocenters. The Morgan fingerprint density at radius 3 is 2.53 bits per heavy atom. The van der Waals surface area contributed by atoms with E-state index in [9.17, 15) is 0 Å². The summed E-state index contributed by atoms with van der Waals surface area (Å²) in [6.45, 7) is 6.38. The van der Waals surface area contributed by atoms with Gasteiger partial charge in [0.2, 0.25) is 0 Å². The number of hydrogen-bond donors (Lipinski definition) is 1. The highest BCUT2D eigenvalue weighted by molar-refractivity contribution is 5.00. The Bertz CT molecular complexity index is 224. The third-order valence-electron chi connectivity index (χ3n) is 4.41. The molecule has 0 amide bonds. The first-order valence-electron chi connectivity index (χ1n) is 6.07. The van der Waals surface area contributed by atoms with Gasteiger partial charge in [0.1, 0.15) is 0 Å². The zero-order chi connectivity index (χ0) is 11.1. The molecule has 1 saturated heterocycles. The minimum absolute atomic E-state index is 0.304. The van der Waals surface area contributed by atoms with E-state index in [1.807, 2.05) is 0 Å². The molecule has 0 aromatic heterocycles. The van der Waals surface area contributed by atoms with E-state index in [1.54, 1.807) is 0 Å². The summed E-state index contributed by atoms with van der Waals surface area (Å²) in [5.41, 5.74) is 6.65. The van der Waals surface area contributed by atoms with Crippen LogP contribution in [0.5, 0.6) is 0 Å². The molecule has 1 saturated carbocycles. The van der Waals surface area contributed by atoms with Crippen LogP contribution in [0.2, 0.25) is 0 Å². The second-order valence-electron chi connectivity index (χ2n) is 5.80. The summed E-state index contributed by atoms with van der Waals surface area (Å²) in [7, 11) is 2.21. The van der Waals surface area contributed by atoms with E-state index in [4.69, 9.17) is 10.5 Å². The molecule has 0 aromatic rings. The standard InChI is InChI=1S/C12H24N2O/c1-12(2)6-4-10(11(12)13)14(3)9-5-7-15-8-9/h9-11H,4-8,13H2,1-3H3. The van der Waals surface area contributed by atoms with Crippen LogP contribution in [0.1, 0.15) is 33.1 Å². The van der Waals surface area contributed by atoms with Gasteiger partial charge in [-0.05, 0) is 31.7 Å². The average Bonchev–Trinajstić information content (AvgIpc) is 2.76. The van der Waals surface area contributed by atoms with Crippen molar-refractivity contribution in [3.05, 3.63) is 0 Å². The summed E-state index contributed by atoms with van der Waals surface area (Å²) in [5.74, 6) is 0. The first-order chi connectivity index (χ1) is 7.02. The van der Waals surface area contributed by atoms with Crippen molar-refractivity contribution >= 4 is 0 Å². The van der Waals surface area contributed by atoms with E-state index in [-0.39, 0.29) is 0 Å². The lowest BCUT2D eigenvalue weighted by Gasteiger charge is -2.35. The zero-order valence-corrected chi connectivity index (χ0v) is 10.2. The van der Waals surface area contributed by atoms with Crippen molar-refractivity contribution in [3.8, 4) is 0 Å². The summed E-state index contributed by atoms with van der Waals surface area (Å²) in [4.78, 5) is 2.46. The van der Waals surface area contributed by atoms with Gasteiger partial charge in [-0.25, -0.2) is 0 Å². The SMILES string of the molecule is CN(C1CCOC1)C1CCC(C)(C)C1N. The maximum atomic E-state index is 6.34. The van der Waals surface area contributed by atoms with Crippen LogP contribution in [0.3, 0.4) is 0 Å². The summed E-state index contributed by atoms with van der Waals surface area (Å²) >= 11 is 0. The molecule has 3 heteroatoms. The average molecular weight is 212 g/mol. The van der Waals surface area contributed by atoms with Gasteiger partial charge >= 0.3 is 0 Å². The van der Waals surface area contributed by atoms with E-state index in [0.29, 0.717) is 23.5 Å². The van der Waals surface area contributed by atoms with Crippen molar-refractivity contribution in [3.63, 3.8) is 0 Å². The van der Waals surface area contributed by atoms with Crippen molar-refractivity contribution in [1.29, 1.82) is 0 Å². The molecule has 2 rings (SSSR count). The molecular weight excluding hydrogens is 188 g/mol. The third kappa shape index (κ3) is 2.05. The lowest BCUT2D eigenvalue weighted by molar-refractivity contribution is 0.119. The Morgan fingerprint density at radius 2 is 2.07 bits per heavy atom. The molecule has 1 aliphatic carbocycles. The van der Waals surface area contributed by atoms with Crippen LogP contribution in [-0.4, -0.2) is 43.3 Å². The first-order valence-corrected chi connectivity index (χ1v) is 6.07. The van der Waals surface area contributed by atoms with E-state index in [0.717, 1.165) is 13.2 Å². The van der Waals surface area contributed by atoms with Gasteiger partial charge in [-0.15, -0.1) is 0 Å². The van der Waals surface area contributed by atoms with Gasteiger partial charge < -0.3 is 10.5 Å². The number of likely N-dealkylation sites (N-methyl/N-ethyl adjacent to an activating group) is 1. The number of rotatable bonds is 2. The lowest BCUT2D eigenvalue weighted by Crippen LogP contribution is -2.51. The van der Waals surface area contributed by atoms with Gasteiger partial charge in [-0.1, -0.05) is 13.8 Å². The number of ether oxygens (including phenoxy) is 1. The summed E-state index contributed by atoms with van der Waals surface area (Å²) in [6, 6.07) is 1.45. The Hall–Kier alpha value is -0.120. The van der Waals surface area contributed by atoms with Gasteiger partial charge in [0.15, 0.2) is 0 Å². The predicted octanol–water partition coefficient (Wildman–Crippen LogP) is 1.22. The van der Waals surface area contributed by atoms with Crippen LogP contribution in [0, 0.1) is 5.41 Å². The Kier molecular flexibility index (Phi) is 3.06. The fourth-order valence-electron chi connectivity index (χ4n) is 2.96. The summed E-state index contributed by atoms with van der Waals surface area (Å²) in [6.07, 6.45) is 3.65. The van der Waals surface area contributed by atoms with Crippen LogP contribution in [-0.2, 0) is 4.74 Å². The fraction of sp³-hybridized carbons (Fsp3) is 1.00. The first kappa shape index (κ1) is 11.4. The third-order valence-corrected chi connectivity index (χ3v) is 4.41. The molecule has 1 aliphatic heterocycles. The number of nitrogens with two attached hydrogens (primary N) is 1. The maximum absolute atomic E-state index is 6.34. The molecule has 1 heterocycles. The van der Waals surface area contributed by atoms with Gasteiger partial charge in [-0.2, -0.15) is 0 Å². The van der Waals surface area contributed by atoms with E-state index in [2.05, 4.69) is 25.8 Å². The van der Waals surface area contributed by atoms with Crippen LogP contribution in [0.25, 0.3) is 0 Å². The summed E-state index contributed by atoms with van der Waals surface area (Å²) in [5, 5.41) is 0. The molecule has 88 valence electrons. The largest absolute Gasteiger partial charge is 0.380 e. The molecule has 15 heavy (non-hydrogen) atoms. The highest BCUT2D eigenvalue weighted by Gasteiger charge is 2.42. The van der Waals surface area contributed by atoms with E-state index < -0.39 is 0 Å². The molecule has 0 spiro atoms. The molecule has 2 N–H and O–H groups in total. The van der Waals surface area contributed by atoms with E-state index >= 15 is 0 Å². The molecule has 0 radical (unpaired) electrons. The van der Waals surface area contributed by atoms with Gasteiger partial charge in [0.25, 0.3) is 0 Å². The maximum Gasteiger partial charge on any atom is 0.0622 e. The van der Waals surface area contributed by atoms with Crippen molar-refractivity contribution in [2.24, 2.45) is 11.1 Å². The van der Waals surface area contributed by atoms with E-state index in [1.165, 1.54) is 19.3 Å². The Balaban J connectivity index is 1.99. The van der Waals surface area contributed by atoms with Crippen LogP contribution in [0.4, 0.5) is 0 Å². The van der Waals surface area contributed by atoms with Crippen LogP contribution in [0.15, 0.2) is 0 Å². The Labute approximate surface area is 93.0 Å². The van der Waals surface area contributed by atoms with Gasteiger partial charge in [0, 0.05) is 24.7 Å². The monoisotopic (exact) mass is 212 g/mol. The molecule has 2 aliphatic rings. The molecule has 3 unspecified atom stereocenters. The fourth-order valence-corrected chi connectivity index (χ4v) is 2.96. The number of hydrogen-bond acceptors (Lipinski definition) is 3. The quantitative estimate of drug-likeness (QED) is 0.748. The molecular formula is C12H24N2O. The summed E-state index contributed by atoms with van der Waals surface area (Å²) < 4.78 is 5.44. The minimum atomic E-state index is 0.304. The highest BCUT2D eigenvalue weighted by atomic mass is 16.5. The smallest absolute Gasteiger partial charge is 0.0622 e. The highest BCUT2D eigenvalue weighted by Crippen LogP contribution is 2.39. The predicted molar refractivity (Wildman–Crippen MR) is 61.8 cm³/mol. The van der Waals surface area contributed by atoms with Gasteiger partial charge in [0.05, 0.1) is 6.61 Å². The topological polar surface area (TPSA) is 38.5 Å². The van der Waals surface area contributed by atoms with Crippen molar-refractivity contribution < 1.29 is 4.74 Å².